The summed E-state index contributed by atoms with van der Waals surface area (Å²) in [6.07, 6.45) is 1.19. The second-order valence-corrected chi connectivity index (χ2v) is 5.94. The van der Waals surface area contributed by atoms with E-state index in [1.165, 1.54) is 6.20 Å². The Bertz CT molecular complexity index is 805. The minimum absolute atomic E-state index is 0.0214. The van der Waals surface area contributed by atoms with E-state index in [1.54, 1.807) is 19.1 Å². The molecule has 1 N–H and O–H groups in total. The number of hydrogen-bond donors (Lipinski definition) is 1. The molecule has 1 aromatic heterocycles. The van der Waals surface area contributed by atoms with Crippen LogP contribution in [0.3, 0.4) is 0 Å². The number of anilines is 1. The van der Waals surface area contributed by atoms with Crippen molar-refractivity contribution < 1.29 is 4.79 Å². The molecule has 2 rings (SSSR count). The maximum atomic E-state index is 12.0. The summed E-state index contributed by atoms with van der Waals surface area (Å²) < 4.78 is 0.890. The van der Waals surface area contributed by atoms with Crippen molar-refractivity contribution >= 4 is 58.0 Å². The molecule has 22 heavy (non-hydrogen) atoms. The topological polar surface area (TPSA) is 64.0 Å². The summed E-state index contributed by atoms with van der Waals surface area (Å²) in [6.45, 7) is 1.43. The van der Waals surface area contributed by atoms with Crippen LogP contribution < -0.4 is 10.9 Å². The van der Waals surface area contributed by atoms with Gasteiger partial charge in [0.05, 0.1) is 27.0 Å². The van der Waals surface area contributed by atoms with Crippen LogP contribution in [0, 0.1) is 6.92 Å². The zero-order chi connectivity index (χ0) is 16.4. The van der Waals surface area contributed by atoms with Gasteiger partial charge in [-0.3, -0.25) is 9.59 Å². The lowest BCUT2D eigenvalue weighted by Crippen LogP contribution is -2.30. The van der Waals surface area contributed by atoms with Crippen LogP contribution in [0.5, 0.6) is 0 Å². The van der Waals surface area contributed by atoms with Crippen LogP contribution in [0.15, 0.2) is 23.1 Å². The molecular weight excluding hydrogens is 372 g/mol. The van der Waals surface area contributed by atoms with E-state index in [9.17, 15) is 9.59 Å². The van der Waals surface area contributed by atoms with Crippen molar-refractivity contribution in [3.05, 3.63) is 54.3 Å². The quantitative estimate of drug-likeness (QED) is 0.880. The summed E-state index contributed by atoms with van der Waals surface area (Å²) in [5.41, 5.74) is 0.374. The van der Waals surface area contributed by atoms with Gasteiger partial charge in [0.1, 0.15) is 11.6 Å². The molecule has 1 heterocycles. The van der Waals surface area contributed by atoms with E-state index in [0.717, 1.165) is 10.2 Å². The number of halogens is 4. The Hall–Kier alpha value is -1.27. The van der Waals surface area contributed by atoms with Crippen molar-refractivity contribution in [1.29, 1.82) is 0 Å². The average molecular weight is 381 g/mol. The van der Waals surface area contributed by atoms with Crippen LogP contribution in [0.25, 0.3) is 0 Å². The number of carbonyl (C=O) groups excluding carboxylic acids is 1. The summed E-state index contributed by atoms with van der Waals surface area (Å²) in [5.74, 6) is -0.526. The van der Waals surface area contributed by atoms with E-state index in [1.807, 2.05) is 0 Å². The summed E-state index contributed by atoms with van der Waals surface area (Å²) in [5, 5.41) is 6.74. The van der Waals surface area contributed by atoms with Gasteiger partial charge in [-0.25, -0.2) is 4.68 Å². The Morgan fingerprint density at radius 3 is 2.55 bits per heavy atom. The van der Waals surface area contributed by atoms with Gasteiger partial charge < -0.3 is 5.32 Å². The van der Waals surface area contributed by atoms with Gasteiger partial charge in [-0.2, -0.15) is 5.10 Å². The van der Waals surface area contributed by atoms with Crippen LogP contribution in [0.1, 0.15) is 5.56 Å². The molecule has 9 heteroatoms. The van der Waals surface area contributed by atoms with Gasteiger partial charge in [0.15, 0.2) is 0 Å². The molecule has 0 bridgehead atoms. The Labute approximate surface area is 145 Å². The third-order valence-electron chi connectivity index (χ3n) is 2.78. The monoisotopic (exact) mass is 379 g/mol. The largest absolute Gasteiger partial charge is 0.322 e. The predicted molar refractivity (Wildman–Crippen MR) is 88.3 cm³/mol. The molecule has 116 valence electrons. The first-order valence-electron chi connectivity index (χ1n) is 5.97. The molecule has 2 aromatic rings. The maximum Gasteiger partial charge on any atom is 0.287 e. The number of carbonyl (C=O) groups is 1. The molecule has 0 aliphatic rings. The van der Waals surface area contributed by atoms with Gasteiger partial charge in [-0.15, -0.1) is 0 Å². The van der Waals surface area contributed by atoms with E-state index >= 15 is 0 Å². The molecular formula is C13H9Cl4N3O2. The van der Waals surface area contributed by atoms with Gasteiger partial charge in [0.2, 0.25) is 5.91 Å². The van der Waals surface area contributed by atoms with Crippen molar-refractivity contribution in [2.75, 3.05) is 5.32 Å². The minimum Gasteiger partial charge on any atom is -0.322 e. The zero-order valence-electron chi connectivity index (χ0n) is 11.2. The smallest absolute Gasteiger partial charge is 0.287 e. The van der Waals surface area contributed by atoms with E-state index in [2.05, 4.69) is 10.4 Å². The molecule has 1 aromatic carbocycles. The third-order valence-corrected chi connectivity index (χ3v) is 4.33. The summed E-state index contributed by atoms with van der Waals surface area (Å²) in [7, 11) is 0. The summed E-state index contributed by atoms with van der Waals surface area (Å²) in [6, 6.07) is 3.34. The molecule has 0 saturated heterocycles. The first-order valence-corrected chi connectivity index (χ1v) is 7.48. The van der Waals surface area contributed by atoms with Gasteiger partial charge in [-0.1, -0.05) is 52.5 Å². The fourth-order valence-electron chi connectivity index (χ4n) is 1.64. The second kappa shape index (κ2) is 6.87. The molecule has 0 aliphatic heterocycles. The number of rotatable bonds is 3. The highest BCUT2D eigenvalue weighted by molar-refractivity contribution is 6.41. The van der Waals surface area contributed by atoms with Crippen molar-refractivity contribution in [3.63, 3.8) is 0 Å². The first kappa shape index (κ1) is 17.1. The lowest BCUT2D eigenvalue weighted by atomic mass is 10.2. The number of aromatic nitrogens is 2. The summed E-state index contributed by atoms with van der Waals surface area (Å²) in [4.78, 5) is 23.9. The third kappa shape index (κ3) is 3.55. The first-order chi connectivity index (χ1) is 10.3. The van der Waals surface area contributed by atoms with Gasteiger partial charge in [0, 0.05) is 0 Å². The van der Waals surface area contributed by atoms with Crippen molar-refractivity contribution in [2.45, 2.75) is 13.5 Å². The Balaban J connectivity index is 2.24. The zero-order valence-corrected chi connectivity index (χ0v) is 14.2. The van der Waals surface area contributed by atoms with Crippen LogP contribution in [-0.4, -0.2) is 15.7 Å². The van der Waals surface area contributed by atoms with Crippen molar-refractivity contribution in [1.82, 2.24) is 9.78 Å². The average Bonchev–Trinajstić information content (AvgIpc) is 2.48. The highest BCUT2D eigenvalue weighted by Gasteiger charge is 2.14. The lowest BCUT2D eigenvalue weighted by molar-refractivity contribution is -0.117. The molecule has 0 aliphatic carbocycles. The minimum atomic E-state index is -0.661. The predicted octanol–water partition coefficient (Wildman–Crippen LogP) is 3.80. The molecule has 0 spiro atoms. The number of amides is 1. The maximum absolute atomic E-state index is 12.0. The number of nitrogens with zero attached hydrogens (tertiary/aromatic N) is 2. The van der Waals surface area contributed by atoms with Crippen LogP contribution in [-0.2, 0) is 11.3 Å². The molecule has 0 atom stereocenters. The van der Waals surface area contributed by atoms with Crippen LogP contribution >= 0.6 is 46.4 Å². The Morgan fingerprint density at radius 2 is 1.86 bits per heavy atom. The van der Waals surface area contributed by atoms with E-state index < -0.39 is 11.5 Å². The van der Waals surface area contributed by atoms with Crippen molar-refractivity contribution in [3.8, 4) is 0 Å². The van der Waals surface area contributed by atoms with E-state index in [0.29, 0.717) is 10.0 Å². The summed E-state index contributed by atoms with van der Waals surface area (Å²) >= 11 is 23.5. The van der Waals surface area contributed by atoms with Gasteiger partial charge in [-0.05, 0) is 18.6 Å². The molecule has 0 saturated carbocycles. The number of nitrogens with one attached hydrogen (secondary N) is 1. The molecule has 0 fully saturated rings. The number of aryl methyl sites for hydroxylation is 1. The van der Waals surface area contributed by atoms with E-state index in [-0.39, 0.29) is 22.3 Å². The molecule has 0 unspecified atom stereocenters. The number of hydrogen-bond acceptors (Lipinski definition) is 3. The van der Waals surface area contributed by atoms with E-state index in [4.69, 9.17) is 46.4 Å². The highest BCUT2D eigenvalue weighted by Crippen LogP contribution is 2.32. The number of benzene rings is 1. The SMILES string of the molecule is Cc1ccc(Cl)c(NC(=O)Cn2ncc(Cl)c(Cl)c2=O)c1Cl. The standard InChI is InChI=1S/C13H9Cl4N3O2/c1-6-2-3-7(14)12(10(6)16)19-9(21)5-20-13(22)11(17)8(15)4-18-20/h2-4H,5H2,1H3,(H,19,21). The Kier molecular flexibility index (Phi) is 5.34. The van der Waals surface area contributed by atoms with Crippen molar-refractivity contribution in [2.24, 2.45) is 0 Å². The molecule has 5 nitrogen and oxygen atoms in total. The lowest BCUT2D eigenvalue weighted by Gasteiger charge is -2.11. The van der Waals surface area contributed by atoms with Crippen LogP contribution in [0.2, 0.25) is 20.1 Å². The normalized spacial score (nSPS) is 10.6. The Morgan fingerprint density at radius 1 is 1.18 bits per heavy atom. The molecule has 0 radical (unpaired) electrons. The highest BCUT2D eigenvalue weighted by atomic mass is 35.5. The fourth-order valence-corrected chi connectivity index (χ4v) is 2.38. The van der Waals surface area contributed by atoms with Gasteiger partial charge in [0.25, 0.3) is 5.56 Å². The van der Waals surface area contributed by atoms with Crippen LogP contribution in [0.4, 0.5) is 5.69 Å². The van der Waals surface area contributed by atoms with Gasteiger partial charge >= 0.3 is 0 Å². The second-order valence-electron chi connectivity index (χ2n) is 4.37. The molecule has 1 amide bonds. The fraction of sp³-hybridized carbons (Fsp3) is 0.154.